The molecule has 3 aromatic carbocycles. The Kier molecular flexibility index (Phi) is 3.85. The Bertz CT molecular complexity index is 1150. The van der Waals surface area contributed by atoms with E-state index in [0.29, 0.717) is 11.4 Å². The zero-order valence-electron chi connectivity index (χ0n) is 16.3. The van der Waals surface area contributed by atoms with Gasteiger partial charge in [0.1, 0.15) is 17.6 Å². The van der Waals surface area contributed by atoms with Crippen LogP contribution in [0.3, 0.4) is 0 Å². The molecule has 150 valence electrons. The van der Waals surface area contributed by atoms with Gasteiger partial charge in [-0.15, -0.1) is 0 Å². The van der Waals surface area contributed by atoms with Gasteiger partial charge >= 0.3 is 5.97 Å². The van der Waals surface area contributed by atoms with E-state index in [2.05, 4.69) is 17.4 Å². The number of hydrogen-bond acceptors (Lipinski definition) is 4. The number of rotatable bonds is 4. The maximum absolute atomic E-state index is 12.9. The first kappa shape index (κ1) is 17.5. The van der Waals surface area contributed by atoms with E-state index in [4.69, 9.17) is 9.47 Å². The van der Waals surface area contributed by atoms with Crippen LogP contribution < -0.4 is 10.1 Å². The first-order valence-electron chi connectivity index (χ1n) is 10.4. The lowest BCUT2D eigenvalue weighted by atomic mass is 9.79. The van der Waals surface area contributed by atoms with Gasteiger partial charge in [0.05, 0.1) is 11.8 Å². The van der Waals surface area contributed by atoms with Crippen LogP contribution in [0.2, 0.25) is 0 Å². The van der Waals surface area contributed by atoms with Crippen LogP contribution in [0.25, 0.3) is 10.8 Å². The molecule has 5 nitrogen and oxygen atoms in total. The predicted molar refractivity (Wildman–Crippen MR) is 112 cm³/mol. The van der Waals surface area contributed by atoms with Crippen molar-refractivity contribution in [2.45, 2.75) is 18.9 Å². The number of fused-ring (bicyclic) bond motifs is 2. The van der Waals surface area contributed by atoms with Gasteiger partial charge in [-0.25, -0.2) is 0 Å². The molecule has 3 aromatic rings. The lowest BCUT2D eigenvalue weighted by Crippen LogP contribution is -2.35. The fourth-order valence-electron chi connectivity index (χ4n) is 5.56. The number of anilines is 1. The first-order chi connectivity index (χ1) is 14.7. The van der Waals surface area contributed by atoms with Crippen LogP contribution in [0.5, 0.6) is 11.5 Å². The zero-order chi connectivity index (χ0) is 20.2. The van der Waals surface area contributed by atoms with Gasteiger partial charge in [0.15, 0.2) is 0 Å². The predicted octanol–water partition coefficient (Wildman–Crippen LogP) is 4.77. The molecule has 2 bridgehead atoms. The van der Waals surface area contributed by atoms with Gasteiger partial charge in [0, 0.05) is 11.6 Å². The number of ether oxygens (including phenoxy) is 2. The zero-order valence-corrected chi connectivity index (χ0v) is 16.3. The average Bonchev–Trinajstić information content (AvgIpc) is 3.38. The summed E-state index contributed by atoms with van der Waals surface area (Å²) in [6, 6.07) is 21.5. The van der Waals surface area contributed by atoms with E-state index in [9.17, 15) is 9.59 Å². The van der Waals surface area contributed by atoms with Crippen LogP contribution in [0.15, 0.2) is 66.7 Å². The molecule has 1 saturated heterocycles. The number of hydrogen-bond donors (Lipinski definition) is 1. The second kappa shape index (κ2) is 6.59. The summed E-state index contributed by atoms with van der Waals surface area (Å²) in [5, 5.41) is 5.28. The third-order valence-electron chi connectivity index (χ3n) is 6.86. The van der Waals surface area contributed by atoms with Crippen LogP contribution >= 0.6 is 0 Å². The number of nitrogens with one attached hydrogen (secondary N) is 1. The topological polar surface area (TPSA) is 64.6 Å². The van der Waals surface area contributed by atoms with Crippen molar-refractivity contribution in [1.29, 1.82) is 0 Å². The molecule has 6 rings (SSSR count). The van der Waals surface area contributed by atoms with Crippen molar-refractivity contribution in [3.8, 4) is 11.5 Å². The Morgan fingerprint density at radius 2 is 1.70 bits per heavy atom. The van der Waals surface area contributed by atoms with Crippen LogP contribution in [0.1, 0.15) is 12.8 Å². The third kappa shape index (κ3) is 2.76. The minimum absolute atomic E-state index is 0.0445. The summed E-state index contributed by atoms with van der Waals surface area (Å²) in [6.07, 6.45) is 1.80. The maximum atomic E-state index is 12.9. The minimum atomic E-state index is -0.269. The molecule has 0 radical (unpaired) electrons. The lowest BCUT2D eigenvalue weighted by molar-refractivity contribution is -0.145. The van der Waals surface area contributed by atoms with Crippen molar-refractivity contribution in [2.24, 2.45) is 23.7 Å². The van der Waals surface area contributed by atoms with Crippen LogP contribution in [-0.2, 0) is 14.3 Å². The Morgan fingerprint density at radius 1 is 0.933 bits per heavy atom. The number of carbonyl (C=O) groups excluding carboxylic acids is 2. The second-order valence-corrected chi connectivity index (χ2v) is 8.55. The molecular formula is C25H21NO4. The molecule has 5 atom stereocenters. The minimum Gasteiger partial charge on any atom is -0.462 e. The number of esters is 1. The molecule has 0 unspecified atom stereocenters. The van der Waals surface area contributed by atoms with Gasteiger partial charge in [-0.05, 0) is 65.9 Å². The summed E-state index contributed by atoms with van der Waals surface area (Å²) in [4.78, 5) is 25.0. The van der Waals surface area contributed by atoms with Crippen molar-refractivity contribution in [3.63, 3.8) is 0 Å². The highest BCUT2D eigenvalue weighted by Gasteiger charge is 2.63. The fourth-order valence-corrected chi connectivity index (χ4v) is 5.56. The summed E-state index contributed by atoms with van der Waals surface area (Å²) in [5.41, 5.74) is 0.705. The molecule has 30 heavy (non-hydrogen) atoms. The molecule has 1 heterocycles. The second-order valence-electron chi connectivity index (χ2n) is 8.55. The fraction of sp³-hybridized carbons (Fsp3) is 0.280. The van der Waals surface area contributed by atoms with Crippen molar-refractivity contribution in [3.05, 3.63) is 66.7 Å². The molecule has 0 aromatic heterocycles. The Balaban J connectivity index is 1.15. The van der Waals surface area contributed by atoms with Crippen LogP contribution in [0.4, 0.5) is 5.69 Å². The quantitative estimate of drug-likeness (QED) is 0.642. The molecule has 0 spiro atoms. The molecule has 5 heteroatoms. The average molecular weight is 399 g/mol. The number of benzene rings is 3. The highest BCUT2D eigenvalue weighted by molar-refractivity contribution is 5.97. The molecule has 1 amide bonds. The smallest absolute Gasteiger partial charge is 0.310 e. The molecule has 3 aliphatic rings. The lowest BCUT2D eigenvalue weighted by Gasteiger charge is -2.23. The monoisotopic (exact) mass is 399 g/mol. The summed E-state index contributed by atoms with van der Waals surface area (Å²) in [6.45, 7) is 0. The summed E-state index contributed by atoms with van der Waals surface area (Å²) >= 11 is 0. The summed E-state index contributed by atoms with van der Waals surface area (Å²) < 4.78 is 11.4. The molecule has 2 saturated carbocycles. The van der Waals surface area contributed by atoms with Gasteiger partial charge in [0.25, 0.3) is 0 Å². The number of amides is 1. The Hall–Kier alpha value is -3.34. The highest BCUT2D eigenvalue weighted by atomic mass is 16.6. The van der Waals surface area contributed by atoms with Gasteiger partial charge in [-0.2, -0.15) is 0 Å². The maximum Gasteiger partial charge on any atom is 0.310 e. The number of carbonyl (C=O) groups is 2. The van der Waals surface area contributed by atoms with Crippen molar-refractivity contribution in [2.75, 3.05) is 5.32 Å². The molecule has 2 aliphatic carbocycles. The van der Waals surface area contributed by atoms with E-state index < -0.39 is 0 Å². The van der Waals surface area contributed by atoms with E-state index in [1.165, 1.54) is 5.39 Å². The third-order valence-corrected chi connectivity index (χ3v) is 6.86. The summed E-state index contributed by atoms with van der Waals surface area (Å²) in [5.74, 6) is 1.16. The van der Waals surface area contributed by atoms with Gasteiger partial charge in [0.2, 0.25) is 5.91 Å². The molecule has 1 aliphatic heterocycles. The summed E-state index contributed by atoms with van der Waals surface area (Å²) in [7, 11) is 0. The standard InChI is InChI=1S/C25H21NO4/c27-24(22-16-12-20-21(13-16)30-25(28)23(20)22)26-17-6-9-18(10-7-17)29-19-8-5-14-3-1-2-4-15(14)11-19/h1-11,16,20-23H,12-13H2,(H,26,27)/t16-,20+,21+,22-,23-/m1/s1. The molecular weight excluding hydrogens is 378 g/mol. The largest absolute Gasteiger partial charge is 0.462 e. The van der Waals surface area contributed by atoms with E-state index in [1.54, 1.807) is 0 Å². The normalized spacial score (nSPS) is 28.5. The van der Waals surface area contributed by atoms with E-state index in [0.717, 1.165) is 24.0 Å². The molecule has 3 fully saturated rings. The highest BCUT2D eigenvalue weighted by Crippen LogP contribution is 2.57. The van der Waals surface area contributed by atoms with Crippen molar-refractivity contribution >= 4 is 28.3 Å². The van der Waals surface area contributed by atoms with Gasteiger partial charge < -0.3 is 14.8 Å². The van der Waals surface area contributed by atoms with Crippen molar-refractivity contribution < 1.29 is 19.1 Å². The Morgan fingerprint density at radius 3 is 2.53 bits per heavy atom. The Labute approximate surface area is 174 Å². The van der Waals surface area contributed by atoms with Crippen LogP contribution in [0, 0.1) is 23.7 Å². The van der Waals surface area contributed by atoms with E-state index in [-0.39, 0.29) is 41.7 Å². The van der Waals surface area contributed by atoms with Crippen molar-refractivity contribution in [1.82, 2.24) is 0 Å². The van der Waals surface area contributed by atoms with Crippen LogP contribution in [-0.4, -0.2) is 18.0 Å². The van der Waals surface area contributed by atoms with E-state index >= 15 is 0 Å². The SMILES string of the molecule is O=C(Nc1ccc(Oc2ccc3ccccc3c2)cc1)[C@@H]1[C@@H]2C[C@@H]3[C@H]1C(=O)O[C@H]3C2. The van der Waals surface area contributed by atoms with Gasteiger partial charge in [-0.3, -0.25) is 9.59 Å². The van der Waals surface area contributed by atoms with Gasteiger partial charge in [-0.1, -0.05) is 30.3 Å². The molecule has 1 N–H and O–H groups in total. The van der Waals surface area contributed by atoms with E-state index in [1.807, 2.05) is 54.6 Å². The first-order valence-corrected chi connectivity index (χ1v) is 10.4.